The van der Waals surface area contributed by atoms with E-state index in [2.05, 4.69) is 10.3 Å². The van der Waals surface area contributed by atoms with E-state index < -0.39 is 11.7 Å². The largest absolute Gasteiger partial charge is 0.417 e. The molecule has 0 spiro atoms. The Hall–Kier alpha value is -2.07. The van der Waals surface area contributed by atoms with E-state index in [1.165, 1.54) is 23.5 Å². The zero-order valence-electron chi connectivity index (χ0n) is 11.4. The molecule has 110 valence electrons. The van der Waals surface area contributed by atoms with Crippen LogP contribution in [-0.2, 0) is 12.7 Å². The first-order valence-corrected chi connectivity index (χ1v) is 6.91. The standard InChI is InChI=1S/C14H12F3N3S/c1-8-13(21-9(2)20-8)7-19-11-4-3-10(6-18)12(5-11)14(15,16)17/h3-5,19H,7H2,1-2H3. The second-order valence-corrected chi connectivity index (χ2v) is 5.75. The predicted molar refractivity (Wildman–Crippen MR) is 75.1 cm³/mol. The van der Waals surface area contributed by atoms with Crippen molar-refractivity contribution in [3.63, 3.8) is 0 Å². The Morgan fingerprint density at radius 1 is 1.33 bits per heavy atom. The number of benzene rings is 1. The summed E-state index contributed by atoms with van der Waals surface area (Å²) in [7, 11) is 0. The Morgan fingerprint density at radius 2 is 2.05 bits per heavy atom. The van der Waals surface area contributed by atoms with Crippen molar-refractivity contribution in [1.29, 1.82) is 5.26 Å². The van der Waals surface area contributed by atoms with Gasteiger partial charge in [-0.15, -0.1) is 11.3 Å². The molecule has 0 amide bonds. The molecule has 0 atom stereocenters. The topological polar surface area (TPSA) is 48.7 Å². The van der Waals surface area contributed by atoms with Gasteiger partial charge in [-0.05, 0) is 32.0 Å². The fourth-order valence-electron chi connectivity index (χ4n) is 1.91. The van der Waals surface area contributed by atoms with Gasteiger partial charge in [-0.3, -0.25) is 0 Å². The first-order valence-electron chi connectivity index (χ1n) is 6.09. The molecule has 2 aromatic rings. The van der Waals surface area contributed by atoms with Crippen molar-refractivity contribution in [1.82, 2.24) is 4.98 Å². The molecule has 0 bridgehead atoms. The average Bonchev–Trinajstić information content (AvgIpc) is 2.73. The normalized spacial score (nSPS) is 11.2. The van der Waals surface area contributed by atoms with Crippen molar-refractivity contribution in [3.05, 3.63) is 44.9 Å². The minimum atomic E-state index is -4.54. The smallest absolute Gasteiger partial charge is 0.380 e. The van der Waals surface area contributed by atoms with E-state index in [9.17, 15) is 13.2 Å². The van der Waals surface area contributed by atoms with Crippen LogP contribution >= 0.6 is 11.3 Å². The van der Waals surface area contributed by atoms with Crippen molar-refractivity contribution >= 4 is 17.0 Å². The van der Waals surface area contributed by atoms with Gasteiger partial charge in [-0.1, -0.05) is 0 Å². The fourth-order valence-corrected chi connectivity index (χ4v) is 2.78. The summed E-state index contributed by atoms with van der Waals surface area (Å²) in [6, 6.07) is 5.17. The summed E-state index contributed by atoms with van der Waals surface area (Å²) in [4.78, 5) is 5.24. The molecule has 0 fully saturated rings. The van der Waals surface area contributed by atoms with Gasteiger partial charge in [-0.25, -0.2) is 4.98 Å². The Morgan fingerprint density at radius 3 is 2.57 bits per heavy atom. The van der Waals surface area contributed by atoms with Gasteiger partial charge in [-0.2, -0.15) is 18.4 Å². The Kier molecular flexibility index (Phi) is 4.19. The predicted octanol–water partition coefficient (Wildman–Crippen LogP) is 4.26. The van der Waals surface area contributed by atoms with Crippen molar-refractivity contribution in [3.8, 4) is 6.07 Å². The van der Waals surface area contributed by atoms with Crippen LogP contribution in [0, 0.1) is 25.2 Å². The summed E-state index contributed by atoms with van der Waals surface area (Å²) >= 11 is 1.50. The number of aryl methyl sites for hydroxylation is 2. The van der Waals surface area contributed by atoms with Gasteiger partial charge in [0.25, 0.3) is 0 Å². The number of anilines is 1. The number of aromatic nitrogens is 1. The molecule has 21 heavy (non-hydrogen) atoms. The number of halogens is 3. The van der Waals surface area contributed by atoms with Gasteiger partial charge in [0, 0.05) is 10.6 Å². The molecule has 0 saturated carbocycles. The van der Waals surface area contributed by atoms with Gasteiger partial charge < -0.3 is 5.32 Å². The van der Waals surface area contributed by atoms with Crippen LogP contribution in [0.25, 0.3) is 0 Å². The molecule has 0 unspecified atom stereocenters. The molecule has 1 N–H and O–H groups in total. The molecule has 7 heteroatoms. The van der Waals surface area contributed by atoms with E-state index in [1.807, 2.05) is 13.8 Å². The summed E-state index contributed by atoms with van der Waals surface area (Å²) in [5, 5.41) is 12.6. The van der Waals surface area contributed by atoms with E-state index in [0.29, 0.717) is 12.2 Å². The zero-order valence-corrected chi connectivity index (χ0v) is 12.2. The number of nitrogens with one attached hydrogen (secondary N) is 1. The summed E-state index contributed by atoms with van der Waals surface area (Å²) in [5.74, 6) is 0. The lowest BCUT2D eigenvalue weighted by atomic mass is 10.1. The van der Waals surface area contributed by atoms with Crippen LogP contribution in [0.3, 0.4) is 0 Å². The van der Waals surface area contributed by atoms with Crippen LogP contribution in [0.15, 0.2) is 18.2 Å². The molecule has 0 aliphatic carbocycles. The molecule has 0 aliphatic heterocycles. The molecule has 1 heterocycles. The highest BCUT2D eigenvalue weighted by Crippen LogP contribution is 2.33. The third kappa shape index (κ3) is 3.52. The summed E-state index contributed by atoms with van der Waals surface area (Å²) in [6.07, 6.45) is -4.54. The van der Waals surface area contributed by atoms with Crippen LogP contribution in [-0.4, -0.2) is 4.98 Å². The maximum absolute atomic E-state index is 12.9. The average molecular weight is 311 g/mol. The fraction of sp³-hybridized carbons (Fsp3) is 0.286. The number of rotatable bonds is 3. The Bertz CT molecular complexity index is 698. The van der Waals surface area contributed by atoms with E-state index in [-0.39, 0.29) is 5.56 Å². The highest BCUT2D eigenvalue weighted by Gasteiger charge is 2.33. The number of thiazole rings is 1. The van der Waals surface area contributed by atoms with Crippen molar-refractivity contribution < 1.29 is 13.2 Å². The molecule has 0 radical (unpaired) electrons. The van der Waals surface area contributed by atoms with E-state index >= 15 is 0 Å². The number of hydrogen-bond acceptors (Lipinski definition) is 4. The minimum absolute atomic E-state index is 0.326. The molecule has 2 rings (SSSR count). The van der Waals surface area contributed by atoms with Crippen molar-refractivity contribution in [2.45, 2.75) is 26.6 Å². The lowest BCUT2D eigenvalue weighted by molar-refractivity contribution is -0.137. The third-order valence-corrected chi connectivity index (χ3v) is 3.97. The Balaban J connectivity index is 2.22. The summed E-state index contributed by atoms with van der Waals surface area (Å²) in [5.41, 5.74) is -0.105. The zero-order chi connectivity index (χ0) is 15.6. The number of nitriles is 1. The second kappa shape index (κ2) is 5.74. The van der Waals surface area contributed by atoms with Gasteiger partial charge >= 0.3 is 6.18 Å². The van der Waals surface area contributed by atoms with Crippen LogP contribution < -0.4 is 5.32 Å². The molecule has 1 aromatic carbocycles. The van der Waals surface area contributed by atoms with Crippen molar-refractivity contribution in [2.75, 3.05) is 5.32 Å². The molecular weight excluding hydrogens is 299 g/mol. The highest BCUT2D eigenvalue weighted by atomic mass is 32.1. The number of alkyl halides is 3. The lowest BCUT2D eigenvalue weighted by Gasteiger charge is -2.12. The van der Waals surface area contributed by atoms with E-state index in [4.69, 9.17) is 5.26 Å². The first kappa shape index (κ1) is 15.3. The van der Waals surface area contributed by atoms with Gasteiger partial charge in [0.1, 0.15) is 0 Å². The third-order valence-electron chi connectivity index (χ3n) is 2.90. The maximum Gasteiger partial charge on any atom is 0.417 e. The maximum atomic E-state index is 12.9. The number of hydrogen-bond donors (Lipinski definition) is 1. The summed E-state index contributed by atoms with van der Waals surface area (Å²) < 4.78 is 38.6. The van der Waals surface area contributed by atoms with E-state index in [1.54, 1.807) is 6.07 Å². The van der Waals surface area contributed by atoms with Crippen LogP contribution in [0.2, 0.25) is 0 Å². The van der Waals surface area contributed by atoms with Crippen LogP contribution in [0.4, 0.5) is 18.9 Å². The molecule has 0 aliphatic rings. The van der Waals surface area contributed by atoms with Gasteiger partial charge in [0.2, 0.25) is 0 Å². The molecular formula is C14H12F3N3S. The summed E-state index contributed by atoms with van der Waals surface area (Å²) in [6.45, 7) is 4.14. The van der Waals surface area contributed by atoms with Crippen molar-refractivity contribution in [2.24, 2.45) is 0 Å². The quantitative estimate of drug-likeness (QED) is 0.921. The Labute approximate surface area is 124 Å². The van der Waals surface area contributed by atoms with Gasteiger partial charge in [0.05, 0.1) is 34.4 Å². The SMILES string of the molecule is Cc1nc(C)c(CNc2ccc(C#N)c(C(F)(F)F)c2)s1. The van der Waals surface area contributed by atoms with Gasteiger partial charge in [0.15, 0.2) is 0 Å². The van der Waals surface area contributed by atoms with E-state index in [0.717, 1.165) is 21.6 Å². The highest BCUT2D eigenvalue weighted by molar-refractivity contribution is 7.11. The lowest BCUT2D eigenvalue weighted by Crippen LogP contribution is -2.09. The first-order chi connectivity index (χ1) is 9.81. The molecule has 1 aromatic heterocycles. The monoisotopic (exact) mass is 311 g/mol. The second-order valence-electron chi connectivity index (χ2n) is 4.46. The molecule has 3 nitrogen and oxygen atoms in total. The number of nitrogens with zero attached hydrogens (tertiary/aromatic N) is 2. The van der Waals surface area contributed by atoms with Crippen LogP contribution in [0.5, 0.6) is 0 Å². The molecule has 0 saturated heterocycles. The minimum Gasteiger partial charge on any atom is -0.380 e. The van der Waals surface area contributed by atoms with Crippen LogP contribution in [0.1, 0.15) is 26.7 Å².